The number of amides is 1. The number of hydrogen-bond acceptors (Lipinski definition) is 13. The summed E-state index contributed by atoms with van der Waals surface area (Å²) in [6.07, 6.45) is 84.4. The zero-order valence-corrected chi connectivity index (χ0v) is 66.3. The summed E-state index contributed by atoms with van der Waals surface area (Å²) in [6, 6.07) is -0.917. The fourth-order valence-corrected chi connectivity index (χ4v) is 14.3. The number of aliphatic hydroxyl groups excluding tert-OH is 8. The van der Waals surface area contributed by atoms with Gasteiger partial charge >= 0.3 is 0 Å². The monoisotopic (exact) mass is 1450 g/mol. The standard InChI is InChI=1S/C89H163NO13/c1-3-5-7-9-11-13-15-17-19-21-23-25-27-29-31-33-35-36-37-38-39-40-41-42-43-45-47-49-51-53-55-57-59-61-63-65-67-69-71-73-81(94)90-77(76-100-88-86(99)84(97)87(80(75-92)102-88)103-89-85(98)83(96)82(95)79(74-91)101-89)78(93)72-70-68-66-64-62-60-58-56-54-52-50-48-46-44-34-32-30-28-26-24-22-20-18-16-14-12-10-8-6-4-2/h5,7,11,13,17,19,23,25,29,31,70,72,77-80,82-89,91-93,95-99H,3-4,6,8-10,12,14-16,18,20-22,24,26-28,30,32-69,71,73-76H2,1-2H3,(H,90,94)/b7-5-,13-11-,19-17-,25-23-,31-29-,72-70+. The summed E-state index contributed by atoms with van der Waals surface area (Å²) in [4.78, 5) is 13.4. The number of nitrogens with one attached hydrogen (secondary N) is 1. The van der Waals surface area contributed by atoms with Crippen molar-refractivity contribution in [2.75, 3.05) is 19.8 Å². The molecule has 0 aromatic carbocycles. The minimum absolute atomic E-state index is 0.232. The molecule has 0 radical (unpaired) electrons. The van der Waals surface area contributed by atoms with Crippen molar-refractivity contribution in [2.24, 2.45) is 0 Å². The van der Waals surface area contributed by atoms with Crippen LogP contribution in [0.15, 0.2) is 72.9 Å². The normalized spacial score (nSPS) is 21.9. The van der Waals surface area contributed by atoms with Crippen LogP contribution in [0.25, 0.3) is 0 Å². The summed E-state index contributed by atoms with van der Waals surface area (Å²) in [6.45, 7) is 2.75. The van der Waals surface area contributed by atoms with E-state index in [4.69, 9.17) is 18.9 Å². The molecule has 14 heteroatoms. The maximum absolute atomic E-state index is 13.4. The highest BCUT2D eigenvalue weighted by Crippen LogP contribution is 2.30. The van der Waals surface area contributed by atoms with Gasteiger partial charge in [0, 0.05) is 6.42 Å². The van der Waals surface area contributed by atoms with Gasteiger partial charge in [-0.3, -0.25) is 4.79 Å². The molecule has 103 heavy (non-hydrogen) atoms. The Labute approximate surface area is 631 Å². The van der Waals surface area contributed by atoms with E-state index in [0.29, 0.717) is 6.42 Å². The van der Waals surface area contributed by atoms with Gasteiger partial charge in [-0.25, -0.2) is 0 Å². The second-order valence-electron chi connectivity index (χ2n) is 30.6. The van der Waals surface area contributed by atoms with Crippen LogP contribution in [0.5, 0.6) is 0 Å². The number of hydrogen-bond donors (Lipinski definition) is 9. The first-order valence-electron chi connectivity index (χ1n) is 43.7. The summed E-state index contributed by atoms with van der Waals surface area (Å²) in [7, 11) is 0. The summed E-state index contributed by atoms with van der Waals surface area (Å²) in [5.74, 6) is -0.232. The second kappa shape index (κ2) is 72.3. The van der Waals surface area contributed by atoms with Crippen molar-refractivity contribution in [3.05, 3.63) is 72.9 Å². The summed E-state index contributed by atoms with van der Waals surface area (Å²) in [5, 5.41) is 87.8. The van der Waals surface area contributed by atoms with E-state index >= 15 is 0 Å². The largest absolute Gasteiger partial charge is 0.394 e. The Balaban J connectivity index is 1.57. The highest BCUT2D eigenvalue weighted by Gasteiger charge is 2.51. The van der Waals surface area contributed by atoms with Crippen LogP contribution in [0, 0.1) is 0 Å². The fourth-order valence-electron chi connectivity index (χ4n) is 14.3. The van der Waals surface area contributed by atoms with Gasteiger partial charge < -0.3 is 65.1 Å². The number of carbonyl (C=O) groups is 1. The van der Waals surface area contributed by atoms with Crippen LogP contribution in [-0.4, -0.2) is 140 Å². The van der Waals surface area contributed by atoms with Gasteiger partial charge in [0.15, 0.2) is 12.6 Å². The van der Waals surface area contributed by atoms with E-state index in [9.17, 15) is 45.6 Å². The van der Waals surface area contributed by atoms with Gasteiger partial charge in [0.1, 0.15) is 48.8 Å². The molecule has 0 spiro atoms. The van der Waals surface area contributed by atoms with E-state index in [1.165, 1.54) is 295 Å². The zero-order valence-electron chi connectivity index (χ0n) is 66.3. The average molecular weight is 1460 g/mol. The topological polar surface area (TPSA) is 228 Å². The third kappa shape index (κ3) is 54.6. The Morgan fingerprint density at radius 1 is 0.359 bits per heavy atom. The van der Waals surface area contributed by atoms with Gasteiger partial charge in [-0.2, -0.15) is 0 Å². The van der Waals surface area contributed by atoms with Crippen molar-refractivity contribution in [1.82, 2.24) is 5.32 Å². The summed E-state index contributed by atoms with van der Waals surface area (Å²) in [5.41, 5.74) is 0. The van der Waals surface area contributed by atoms with Crippen molar-refractivity contribution in [1.29, 1.82) is 0 Å². The van der Waals surface area contributed by atoms with Crippen molar-refractivity contribution in [3.63, 3.8) is 0 Å². The van der Waals surface area contributed by atoms with Gasteiger partial charge in [-0.05, 0) is 64.2 Å². The maximum atomic E-state index is 13.4. The smallest absolute Gasteiger partial charge is 0.220 e. The van der Waals surface area contributed by atoms with E-state index < -0.39 is 86.8 Å². The van der Waals surface area contributed by atoms with Crippen LogP contribution in [0.2, 0.25) is 0 Å². The molecule has 2 aliphatic heterocycles. The van der Waals surface area contributed by atoms with Crippen LogP contribution >= 0.6 is 0 Å². The van der Waals surface area contributed by atoms with Crippen molar-refractivity contribution in [3.8, 4) is 0 Å². The first-order valence-corrected chi connectivity index (χ1v) is 43.7. The van der Waals surface area contributed by atoms with E-state index in [2.05, 4.69) is 79.9 Å². The lowest BCUT2D eigenvalue weighted by atomic mass is 9.97. The van der Waals surface area contributed by atoms with E-state index in [1.807, 2.05) is 6.08 Å². The number of unbranched alkanes of at least 4 members (excludes halogenated alkanes) is 51. The van der Waals surface area contributed by atoms with E-state index in [-0.39, 0.29) is 18.9 Å². The number of carbonyl (C=O) groups excluding carboxylic acids is 1. The molecule has 0 bridgehead atoms. The van der Waals surface area contributed by atoms with Gasteiger partial charge in [0.05, 0.1) is 32.0 Å². The molecule has 0 aromatic rings. The highest BCUT2D eigenvalue weighted by atomic mass is 16.7. The predicted octanol–water partition coefficient (Wildman–Crippen LogP) is 20.9. The van der Waals surface area contributed by atoms with Crippen LogP contribution < -0.4 is 5.32 Å². The first kappa shape index (κ1) is 96.5. The Bertz CT molecular complexity index is 2010. The minimum Gasteiger partial charge on any atom is -0.394 e. The third-order valence-electron chi connectivity index (χ3n) is 21.1. The van der Waals surface area contributed by atoms with Crippen molar-refractivity contribution in [2.45, 2.75) is 466 Å². The molecular formula is C89H163NO13. The molecule has 602 valence electrons. The van der Waals surface area contributed by atoms with Crippen molar-refractivity contribution >= 4 is 5.91 Å². The Morgan fingerprint density at radius 3 is 1.03 bits per heavy atom. The van der Waals surface area contributed by atoms with Gasteiger partial charge in [-0.15, -0.1) is 0 Å². The van der Waals surface area contributed by atoms with Gasteiger partial charge in [0.25, 0.3) is 0 Å². The minimum atomic E-state index is -1.79. The molecule has 2 fully saturated rings. The van der Waals surface area contributed by atoms with E-state index in [1.54, 1.807) is 6.08 Å². The molecule has 2 heterocycles. The van der Waals surface area contributed by atoms with Crippen LogP contribution in [0.1, 0.15) is 393 Å². The molecule has 1 amide bonds. The third-order valence-corrected chi connectivity index (χ3v) is 21.1. The Morgan fingerprint density at radius 2 is 0.670 bits per heavy atom. The lowest BCUT2D eigenvalue weighted by molar-refractivity contribution is -0.359. The molecule has 12 atom stereocenters. The Hall–Kier alpha value is -2.57. The maximum Gasteiger partial charge on any atom is 0.220 e. The molecule has 9 N–H and O–H groups in total. The molecular weight excluding hydrogens is 1290 g/mol. The number of rotatable bonds is 74. The van der Waals surface area contributed by atoms with Crippen LogP contribution in [0.4, 0.5) is 0 Å². The predicted molar refractivity (Wildman–Crippen MR) is 429 cm³/mol. The fraction of sp³-hybridized carbons (Fsp3) is 0.854. The molecule has 0 saturated carbocycles. The molecule has 2 aliphatic rings. The average Bonchev–Trinajstić information content (AvgIpc) is 0.791. The summed E-state index contributed by atoms with van der Waals surface area (Å²) >= 11 is 0. The molecule has 2 rings (SSSR count). The van der Waals surface area contributed by atoms with Crippen LogP contribution in [-0.2, 0) is 23.7 Å². The number of aliphatic hydroxyl groups is 8. The zero-order chi connectivity index (χ0) is 74.4. The SMILES string of the molecule is CC/C=C\C/C=C\C/C=C\C/C=C\C/C=C\CCCCCCCCCCCCCCCCCCCCCCCCCC(=O)NC(COC1OC(CO)C(OC2OC(CO)C(O)C(O)C2O)C(O)C1O)C(O)/C=C/CCCCCCCCCCCCCCCCCCCCCCCCCCCCCC. The number of allylic oxidation sites excluding steroid dienone is 11. The summed E-state index contributed by atoms with van der Waals surface area (Å²) < 4.78 is 23.0. The molecule has 0 aliphatic carbocycles. The van der Waals surface area contributed by atoms with Gasteiger partial charge in [0.2, 0.25) is 5.91 Å². The highest BCUT2D eigenvalue weighted by molar-refractivity contribution is 5.76. The lowest BCUT2D eigenvalue weighted by Gasteiger charge is -2.46. The number of ether oxygens (including phenoxy) is 4. The first-order chi connectivity index (χ1) is 50.6. The van der Waals surface area contributed by atoms with Crippen LogP contribution in [0.3, 0.4) is 0 Å². The van der Waals surface area contributed by atoms with E-state index in [0.717, 1.165) is 70.6 Å². The molecule has 0 aromatic heterocycles. The van der Waals surface area contributed by atoms with Crippen molar-refractivity contribution < 1.29 is 64.6 Å². The molecule has 12 unspecified atom stereocenters. The molecule has 14 nitrogen and oxygen atoms in total. The Kier molecular flexibility index (Phi) is 67.7. The second-order valence-corrected chi connectivity index (χ2v) is 30.6. The lowest BCUT2D eigenvalue weighted by Crippen LogP contribution is -2.65. The van der Waals surface area contributed by atoms with Gasteiger partial charge in [-0.1, -0.05) is 395 Å². The quantitative estimate of drug-likeness (QED) is 0.0204. The molecule has 2 saturated heterocycles.